The lowest BCUT2D eigenvalue weighted by Crippen LogP contribution is -2.15. The van der Waals surface area contributed by atoms with E-state index in [1.54, 1.807) is 0 Å². The molecule has 1 aliphatic rings. The van der Waals surface area contributed by atoms with Crippen molar-refractivity contribution in [1.82, 2.24) is 0 Å². The number of rotatable bonds is 4. The molecular weight excluding hydrogens is 269 g/mol. The smallest absolute Gasteiger partial charge is 0.272 e. The van der Waals surface area contributed by atoms with Crippen LogP contribution >= 0.6 is 11.8 Å². The summed E-state index contributed by atoms with van der Waals surface area (Å²) in [7, 11) is 0. The van der Waals surface area contributed by atoms with Crippen molar-refractivity contribution >= 4 is 23.2 Å². The van der Waals surface area contributed by atoms with E-state index in [-0.39, 0.29) is 17.0 Å². The maximum absolute atomic E-state index is 13.7. The number of nitro groups is 1. The molecular formula is C13H14FNO3S. The lowest BCUT2D eigenvalue weighted by molar-refractivity contribution is -0.385. The monoisotopic (exact) mass is 283 g/mol. The fourth-order valence-electron chi connectivity index (χ4n) is 2.17. The van der Waals surface area contributed by atoms with Gasteiger partial charge in [0.05, 0.1) is 16.6 Å². The Kier molecular flexibility index (Phi) is 4.52. The summed E-state index contributed by atoms with van der Waals surface area (Å²) in [6.07, 6.45) is 2.28. The zero-order chi connectivity index (χ0) is 13.8. The van der Waals surface area contributed by atoms with Crippen LogP contribution in [0, 0.1) is 21.8 Å². The lowest BCUT2D eigenvalue weighted by Gasteiger charge is -2.20. The van der Waals surface area contributed by atoms with Gasteiger partial charge in [-0.25, -0.2) is 4.39 Å². The SMILES string of the molecule is O=C(CC1CCSCC1)c1ccc([N+](=O)[O-])cc1F. The number of hydrogen-bond donors (Lipinski definition) is 0. The van der Waals surface area contributed by atoms with E-state index in [1.807, 2.05) is 11.8 Å². The molecule has 0 N–H and O–H groups in total. The Morgan fingerprint density at radius 1 is 1.42 bits per heavy atom. The predicted molar refractivity (Wildman–Crippen MR) is 72.1 cm³/mol. The second kappa shape index (κ2) is 6.14. The van der Waals surface area contributed by atoms with Gasteiger partial charge in [-0.15, -0.1) is 0 Å². The number of thioether (sulfide) groups is 1. The molecule has 1 aromatic rings. The average molecular weight is 283 g/mol. The third-order valence-corrected chi connectivity index (χ3v) is 4.33. The minimum atomic E-state index is -0.801. The molecule has 0 amide bonds. The van der Waals surface area contributed by atoms with Crippen LogP contribution < -0.4 is 0 Å². The standard InChI is InChI=1S/C13H14FNO3S/c14-12-8-10(15(17)18)1-2-11(12)13(16)7-9-3-5-19-6-4-9/h1-2,8-9H,3-7H2. The van der Waals surface area contributed by atoms with E-state index < -0.39 is 10.7 Å². The predicted octanol–water partition coefficient (Wildman–Crippen LogP) is 3.45. The van der Waals surface area contributed by atoms with Gasteiger partial charge in [-0.3, -0.25) is 14.9 Å². The van der Waals surface area contributed by atoms with Crippen molar-refractivity contribution in [3.8, 4) is 0 Å². The molecule has 2 rings (SSSR count). The lowest BCUT2D eigenvalue weighted by atomic mass is 9.93. The fraction of sp³-hybridized carbons (Fsp3) is 0.462. The second-order valence-electron chi connectivity index (χ2n) is 4.60. The molecule has 0 atom stereocenters. The number of halogens is 1. The Labute approximate surface area is 114 Å². The van der Waals surface area contributed by atoms with Gasteiger partial charge < -0.3 is 0 Å². The molecule has 1 saturated heterocycles. The van der Waals surface area contributed by atoms with Crippen molar-refractivity contribution in [2.45, 2.75) is 19.3 Å². The summed E-state index contributed by atoms with van der Waals surface area (Å²) < 4.78 is 13.7. The number of non-ortho nitro benzene ring substituents is 1. The molecule has 1 heterocycles. The van der Waals surface area contributed by atoms with Crippen LogP contribution in [0.15, 0.2) is 18.2 Å². The van der Waals surface area contributed by atoms with Crippen LogP contribution in [0.25, 0.3) is 0 Å². The highest BCUT2D eigenvalue weighted by Gasteiger charge is 2.21. The number of carbonyl (C=O) groups is 1. The highest BCUT2D eigenvalue weighted by molar-refractivity contribution is 7.99. The van der Waals surface area contributed by atoms with Crippen LogP contribution in [0.3, 0.4) is 0 Å². The van der Waals surface area contributed by atoms with Crippen LogP contribution in [-0.2, 0) is 0 Å². The number of hydrogen-bond acceptors (Lipinski definition) is 4. The van der Waals surface area contributed by atoms with E-state index >= 15 is 0 Å². The summed E-state index contributed by atoms with van der Waals surface area (Å²) in [5.41, 5.74) is -0.369. The van der Waals surface area contributed by atoms with Crippen LogP contribution in [-0.4, -0.2) is 22.2 Å². The minimum absolute atomic E-state index is 0.0381. The van der Waals surface area contributed by atoms with Gasteiger partial charge in [0.15, 0.2) is 5.78 Å². The van der Waals surface area contributed by atoms with Crippen LogP contribution in [0.5, 0.6) is 0 Å². The molecule has 0 saturated carbocycles. The van der Waals surface area contributed by atoms with Gasteiger partial charge in [-0.1, -0.05) is 0 Å². The van der Waals surface area contributed by atoms with Crippen molar-refractivity contribution in [2.75, 3.05) is 11.5 Å². The van der Waals surface area contributed by atoms with Crippen molar-refractivity contribution in [3.63, 3.8) is 0 Å². The zero-order valence-electron chi connectivity index (χ0n) is 10.3. The quantitative estimate of drug-likeness (QED) is 0.482. The highest BCUT2D eigenvalue weighted by Crippen LogP contribution is 2.27. The first kappa shape index (κ1) is 14.0. The fourth-order valence-corrected chi connectivity index (χ4v) is 3.37. The van der Waals surface area contributed by atoms with Crippen LogP contribution in [0.1, 0.15) is 29.6 Å². The molecule has 0 aliphatic carbocycles. The largest absolute Gasteiger partial charge is 0.294 e. The number of carbonyl (C=O) groups excluding carboxylic acids is 1. The number of Topliss-reactive ketones (excluding diaryl/α,β-unsaturated/α-hetero) is 1. The molecule has 6 heteroatoms. The van der Waals surface area contributed by atoms with E-state index in [0.717, 1.165) is 30.4 Å². The molecule has 102 valence electrons. The van der Waals surface area contributed by atoms with Gasteiger partial charge in [0.25, 0.3) is 5.69 Å². The van der Waals surface area contributed by atoms with Gasteiger partial charge in [0.1, 0.15) is 5.82 Å². The van der Waals surface area contributed by atoms with Crippen molar-refractivity contribution in [3.05, 3.63) is 39.7 Å². The van der Waals surface area contributed by atoms with Gasteiger partial charge in [-0.2, -0.15) is 11.8 Å². The molecule has 1 aromatic carbocycles. The van der Waals surface area contributed by atoms with E-state index in [9.17, 15) is 19.3 Å². The van der Waals surface area contributed by atoms with E-state index in [1.165, 1.54) is 12.1 Å². The van der Waals surface area contributed by atoms with Gasteiger partial charge in [0, 0.05) is 12.5 Å². The molecule has 0 unspecified atom stereocenters. The second-order valence-corrected chi connectivity index (χ2v) is 5.83. The number of ketones is 1. The summed E-state index contributed by atoms with van der Waals surface area (Å²) in [5.74, 6) is 1.33. The maximum Gasteiger partial charge on any atom is 0.272 e. The topological polar surface area (TPSA) is 60.2 Å². The number of nitrogens with zero attached hydrogens (tertiary/aromatic N) is 1. The first-order valence-electron chi connectivity index (χ1n) is 6.13. The van der Waals surface area contributed by atoms with Crippen molar-refractivity contribution in [1.29, 1.82) is 0 Å². The Balaban J connectivity index is 2.08. The Bertz CT molecular complexity index is 501. The molecule has 1 fully saturated rings. The Morgan fingerprint density at radius 3 is 2.68 bits per heavy atom. The van der Waals surface area contributed by atoms with Crippen LogP contribution in [0.4, 0.5) is 10.1 Å². The maximum atomic E-state index is 13.7. The third-order valence-electron chi connectivity index (χ3n) is 3.28. The Morgan fingerprint density at radius 2 is 2.11 bits per heavy atom. The Hall–Kier alpha value is -1.43. The molecule has 1 aliphatic heterocycles. The molecule has 19 heavy (non-hydrogen) atoms. The van der Waals surface area contributed by atoms with Gasteiger partial charge in [0.2, 0.25) is 0 Å². The summed E-state index contributed by atoms with van der Waals surface area (Å²) in [5, 5.41) is 10.5. The zero-order valence-corrected chi connectivity index (χ0v) is 11.1. The minimum Gasteiger partial charge on any atom is -0.294 e. The van der Waals surface area contributed by atoms with Crippen LogP contribution in [0.2, 0.25) is 0 Å². The summed E-state index contributed by atoms with van der Waals surface area (Å²) in [6, 6.07) is 3.20. The molecule has 0 bridgehead atoms. The van der Waals surface area contributed by atoms with E-state index in [2.05, 4.69) is 0 Å². The summed E-state index contributed by atoms with van der Waals surface area (Å²) >= 11 is 1.87. The molecule has 0 spiro atoms. The average Bonchev–Trinajstić information content (AvgIpc) is 2.39. The van der Waals surface area contributed by atoms with E-state index in [0.29, 0.717) is 12.3 Å². The third kappa shape index (κ3) is 3.53. The van der Waals surface area contributed by atoms with Crippen molar-refractivity contribution < 1.29 is 14.1 Å². The number of nitro benzene ring substituents is 1. The first-order chi connectivity index (χ1) is 9.08. The highest BCUT2D eigenvalue weighted by atomic mass is 32.2. The van der Waals surface area contributed by atoms with Gasteiger partial charge >= 0.3 is 0 Å². The molecule has 0 radical (unpaired) electrons. The molecule has 0 aromatic heterocycles. The molecule has 4 nitrogen and oxygen atoms in total. The van der Waals surface area contributed by atoms with Gasteiger partial charge in [-0.05, 0) is 36.3 Å². The number of benzene rings is 1. The normalized spacial score (nSPS) is 16.3. The summed E-state index contributed by atoms with van der Waals surface area (Å²) in [4.78, 5) is 21.8. The van der Waals surface area contributed by atoms with Crippen molar-refractivity contribution in [2.24, 2.45) is 5.92 Å². The first-order valence-corrected chi connectivity index (χ1v) is 7.28. The summed E-state index contributed by atoms with van der Waals surface area (Å²) in [6.45, 7) is 0. The van der Waals surface area contributed by atoms with E-state index in [4.69, 9.17) is 0 Å².